The first-order valence-corrected chi connectivity index (χ1v) is 7.92. The maximum absolute atomic E-state index is 11.1. The third-order valence-corrected chi connectivity index (χ3v) is 4.56. The first kappa shape index (κ1) is 14.6. The average Bonchev–Trinajstić information content (AvgIpc) is 2.37. The summed E-state index contributed by atoms with van der Waals surface area (Å²) in [7, 11) is 0. The molecule has 1 nitrogen and oxygen atoms in total. The zero-order chi connectivity index (χ0) is 13.7. The van der Waals surface area contributed by atoms with Crippen LogP contribution in [0, 0.1) is 13.8 Å². The van der Waals surface area contributed by atoms with Crippen molar-refractivity contribution in [3.8, 4) is 0 Å². The second-order valence-corrected chi connectivity index (χ2v) is 6.32. The topological polar surface area (TPSA) is 20.2 Å². The van der Waals surface area contributed by atoms with Crippen molar-refractivity contribution in [2.45, 2.75) is 77.2 Å². The van der Waals surface area contributed by atoms with Gasteiger partial charge in [0.15, 0.2) is 0 Å². The lowest BCUT2D eigenvalue weighted by Gasteiger charge is -2.31. The zero-order valence-corrected chi connectivity index (χ0v) is 12.5. The summed E-state index contributed by atoms with van der Waals surface area (Å²) in [4.78, 5) is 0. The van der Waals surface area contributed by atoms with E-state index in [1.54, 1.807) is 0 Å². The summed E-state index contributed by atoms with van der Waals surface area (Å²) in [6, 6.07) is 6.49. The molecule has 1 aliphatic rings. The quantitative estimate of drug-likeness (QED) is 0.752. The molecule has 0 heterocycles. The summed E-state index contributed by atoms with van der Waals surface area (Å²) < 4.78 is 0. The van der Waals surface area contributed by atoms with Gasteiger partial charge < -0.3 is 5.11 Å². The smallest absolute Gasteiger partial charge is 0.0899 e. The maximum Gasteiger partial charge on any atom is 0.0899 e. The Kier molecular flexibility index (Phi) is 5.04. The van der Waals surface area contributed by atoms with E-state index in [0.29, 0.717) is 0 Å². The van der Waals surface area contributed by atoms with Gasteiger partial charge >= 0.3 is 0 Å². The van der Waals surface area contributed by atoms with E-state index in [9.17, 15) is 5.11 Å². The highest BCUT2D eigenvalue weighted by Crippen LogP contribution is 2.36. The van der Waals surface area contributed by atoms with Crippen molar-refractivity contribution in [3.05, 3.63) is 34.9 Å². The van der Waals surface area contributed by atoms with Crippen molar-refractivity contribution >= 4 is 0 Å². The Balaban J connectivity index is 2.20. The van der Waals surface area contributed by atoms with Crippen molar-refractivity contribution in [2.24, 2.45) is 0 Å². The average molecular weight is 260 g/mol. The van der Waals surface area contributed by atoms with E-state index < -0.39 is 5.60 Å². The van der Waals surface area contributed by atoms with E-state index >= 15 is 0 Å². The van der Waals surface area contributed by atoms with Gasteiger partial charge in [-0.1, -0.05) is 68.7 Å². The van der Waals surface area contributed by atoms with Crippen LogP contribution in [0.2, 0.25) is 0 Å². The van der Waals surface area contributed by atoms with Gasteiger partial charge in [-0.3, -0.25) is 0 Å². The van der Waals surface area contributed by atoms with Crippen LogP contribution in [0.15, 0.2) is 18.2 Å². The van der Waals surface area contributed by atoms with Gasteiger partial charge in [-0.15, -0.1) is 0 Å². The summed E-state index contributed by atoms with van der Waals surface area (Å²) in [5.74, 6) is 0. The molecular weight excluding hydrogens is 232 g/mol. The van der Waals surface area contributed by atoms with E-state index in [0.717, 1.165) is 25.7 Å². The molecule has 0 aliphatic heterocycles. The zero-order valence-electron chi connectivity index (χ0n) is 12.5. The van der Waals surface area contributed by atoms with Crippen LogP contribution in [0.25, 0.3) is 0 Å². The fourth-order valence-corrected chi connectivity index (χ4v) is 3.45. The molecule has 0 spiro atoms. The molecule has 2 rings (SSSR count). The van der Waals surface area contributed by atoms with Crippen LogP contribution in [-0.4, -0.2) is 5.11 Å². The van der Waals surface area contributed by atoms with Gasteiger partial charge in [0.1, 0.15) is 0 Å². The molecule has 0 amide bonds. The van der Waals surface area contributed by atoms with Gasteiger partial charge in [0.2, 0.25) is 0 Å². The number of rotatable bonds is 1. The molecule has 1 aromatic rings. The SMILES string of the molecule is Cc1ccc(C2(O)CCCCCCCCC2)c(C)c1. The second kappa shape index (κ2) is 6.56. The summed E-state index contributed by atoms with van der Waals surface area (Å²) >= 11 is 0. The predicted octanol–water partition coefficient (Wildman–Crippen LogP) is 5.02. The number of hydrogen-bond acceptors (Lipinski definition) is 1. The van der Waals surface area contributed by atoms with Gasteiger partial charge in [0.05, 0.1) is 5.60 Å². The minimum Gasteiger partial charge on any atom is -0.385 e. The van der Waals surface area contributed by atoms with E-state index in [4.69, 9.17) is 0 Å². The van der Waals surface area contributed by atoms with Gasteiger partial charge in [-0.2, -0.15) is 0 Å². The molecule has 1 heteroatoms. The number of benzene rings is 1. The molecule has 0 aromatic heterocycles. The first-order valence-electron chi connectivity index (χ1n) is 7.92. The largest absolute Gasteiger partial charge is 0.385 e. The summed E-state index contributed by atoms with van der Waals surface area (Å²) in [6.45, 7) is 4.26. The summed E-state index contributed by atoms with van der Waals surface area (Å²) in [5, 5.41) is 11.1. The van der Waals surface area contributed by atoms with Crippen LogP contribution in [-0.2, 0) is 5.60 Å². The Morgan fingerprint density at radius 1 is 0.842 bits per heavy atom. The molecule has 1 fully saturated rings. The third-order valence-electron chi connectivity index (χ3n) is 4.56. The van der Waals surface area contributed by atoms with E-state index in [-0.39, 0.29) is 0 Å². The van der Waals surface area contributed by atoms with Crippen LogP contribution in [0.5, 0.6) is 0 Å². The van der Waals surface area contributed by atoms with Crippen LogP contribution >= 0.6 is 0 Å². The van der Waals surface area contributed by atoms with E-state index in [1.165, 1.54) is 48.8 Å². The van der Waals surface area contributed by atoms with Gasteiger partial charge in [0, 0.05) is 0 Å². The molecule has 0 bridgehead atoms. The summed E-state index contributed by atoms with van der Waals surface area (Å²) in [6.07, 6.45) is 10.8. The molecule has 1 N–H and O–H groups in total. The fourth-order valence-electron chi connectivity index (χ4n) is 3.45. The van der Waals surface area contributed by atoms with Crippen molar-refractivity contribution in [1.29, 1.82) is 0 Å². The second-order valence-electron chi connectivity index (χ2n) is 6.32. The Labute approximate surface area is 118 Å². The molecule has 0 radical (unpaired) electrons. The summed E-state index contributed by atoms with van der Waals surface area (Å²) in [5.41, 5.74) is 3.11. The molecule has 0 saturated heterocycles. The Morgan fingerprint density at radius 3 is 1.89 bits per heavy atom. The van der Waals surface area contributed by atoms with Crippen molar-refractivity contribution < 1.29 is 5.11 Å². The monoisotopic (exact) mass is 260 g/mol. The van der Waals surface area contributed by atoms with Crippen LogP contribution in [0.1, 0.15) is 74.5 Å². The number of hydrogen-bond donors (Lipinski definition) is 1. The highest BCUT2D eigenvalue weighted by Gasteiger charge is 2.29. The molecule has 0 unspecified atom stereocenters. The lowest BCUT2D eigenvalue weighted by molar-refractivity contribution is 0.0117. The normalized spacial score (nSPS) is 21.0. The Morgan fingerprint density at radius 2 is 1.37 bits per heavy atom. The van der Waals surface area contributed by atoms with Gasteiger partial charge in [-0.25, -0.2) is 0 Å². The minimum atomic E-state index is -0.588. The van der Waals surface area contributed by atoms with Gasteiger partial charge in [-0.05, 0) is 37.8 Å². The van der Waals surface area contributed by atoms with Crippen molar-refractivity contribution in [1.82, 2.24) is 0 Å². The Bertz CT molecular complexity index is 398. The molecule has 1 aliphatic carbocycles. The predicted molar refractivity (Wildman–Crippen MR) is 81.4 cm³/mol. The molecule has 19 heavy (non-hydrogen) atoms. The van der Waals surface area contributed by atoms with Crippen molar-refractivity contribution in [2.75, 3.05) is 0 Å². The molecule has 106 valence electrons. The number of aryl methyl sites for hydroxylation is 2. The minimum absolute atomic E-state index is 0.588. The molecular formula is C18H28O. The fraction of sp³-hybridized carbons (Fsp3) is 0.667. The highest BCUT2D eigenvalue weighted by molar-refractivity contribution is 5.34. The lowest BCUT2D eigenvalue weighted by atomic mass is 9.80. The third kappa shape index (κ3) is 3.82. The van der Waals surface area contributed by atoms with Crippen LogP contribution in [0.4, 0.5) is 0 Å². The molecule has 1 saturated carbocycles. The highest BCUT2D eigenvalue weighted by atomic mass is 16.3. The molecule has 1 aromatic carbocycles. The number of aliphatic hydroxyl groups is 1. The maximum atomic E-state index is 11.1. The van der Waals surface area contributed by atoms with Crippen molar-refractivity contribution in [3.63, 3.8) is 0 Å². The van der Waals surface area contributed by atoms with Gasteiger partial charge in [0.25, 0.3) is 0 Å². The molecule has 0 atom stereocenters. The standard InChI is InChI=1S/C18H28O/c1-15-10-11-17(16(2)14-15)18(19)12-8-6-4-3-5-7-9-13-18/h10-11,14,19H,3-9,12-13H2,1-2H3. The van der Waals surface area contributed by atoms with Crippen LogP contribution < -0.4 is 0 Å². The van der Waals surface area contributed by atoms with E-state index in [1.807, 2.05) is 0 Å². The lowest BCUT2D eigenvalue weighted by Crippen LogP contribution is -2.27. The van der Waals surface area contributed by atoms with E-state index in [2.05, 4.69) is 32.0 Å². The first-order chi connectivity index (χ1) is 9.12. The van der Waals surface area contributed by atoms with Crippen LogP contribution in [0.3, 0.4) is 0 Å². The Hall–Kier alpha value is -0.820.